The number of ether oxygens (including phenoxy) is 1. The van der Waals surface area contributed by atoms with Crippen LogP contribution in [0.5, 0.6) is 0 Å². The average molecular weight is 329 g/mol. The molecule has 0 unspecified atom stereocenters. The van der Waals surface area contributed by atoms with Crippen LogP contribution < -0.4 is 0 Å². The number of rotatable bonds is 5. The summed E-state index contributed by atoms with van der Waals surface area (Å²) in [7, 11) is 0. The standard InChI is InChI=1S/C21H31NO2/c1-3-4-12-21(24-17(2)23)13-14-22-16-19(10-11-20(22)15-21)18-8-6-5-7-9-18/h5-9,19-20H,3-4,10-16H2,1-2H3/t19-,20+,21+/m0/s1. The maximum Gasteiger partial charge on any atom is 0.303 e. The Morgan fingerprint density at radius 1 is 1.29 bits per heavy atom. The number of hydrogen-bond donors (Lipinski definition) is 0. The molecule has 0 saturated carbocycles. The van der Waals surface area contributed by atoms with Gasteiger partial charge in [0.15, 0.2) is 0 Å². The lowest BCUT2D eigenvalue weighted by molar-refractivity contribution is -0.167. The van der Waals surface area contributed by atoms with E-state index in [0.29, 0.717) is 12.0 Å². The van der Waals surface area contributed by atoms with Crippen molar-refractivity contribution in [3.8, 4) is 0 Å². The molecule has 0 amide bonds. The maximum absolute atomic E-state index is 11.6. The van der Waals surface area contributed by atoms with Gasteiger partial charge in [-0.2, -0.15) is 0 Å². The monoisotopic (exact) mass is 329 g/mol. The van der Waals surface area contributed by atoms with Crippen molar-refractivity contribution in [3.05, 3.63) is 35.9 Å². The second-order valence-electron chi connectivity index (χ2n) is 7.67. The second kappa shape index (κ2) is 7.69. The first-order valence-corrected chi connectivity index (χ1v) is 9.60. The van der Waals surface area contributed by atoms with Crippen LogP contribution in [0.15, 0.2) is 30.3 Å². The van der Waals surface area contributed by atoms with Crippen LogP contribution in [0.25, 0.3) is 0 Å². The fourth-order valence-corrected chi connectivity index (χ4v) is 4.66. The van der Waals surface area contributed by atoms with E-state index in [1.54, 1.807) is 6.92 Å². The third-order valence-corrected chi connectivity index (χ3v) is 5.90. The molecule has 24 heavy (non-hydrogen) atoms. The molecule has 2 fully saturated rings. The summed E-state index contributed by atoms with van der Waals surface area (Å²) >= 11 is 0. The molecule has 0 spiro atoms. The van der Waals surface area contributed by atoms with Crippen LogP contribution in [0.3, 0.4) is 0 Å². The molecule has 2 saturated heterocycles. The Hall–Kier alpha value is -1.35. The second-order valence-corrected chi connectivity index (χ2v) is 7.67. The molecule has 1 aromatic rings. The predicted molar refractivity (Wildman–Crippen MR) is 97.0 cm³/mol. The normalized spacial score (nSPS) is 30.6. The highest BCUT2D eigenvalue weighted by Crippen LogP contribution is 2.41. The van der Waals surface area contributed by atoms with Crippen LogP contribution in [0.1, 0.15) is 70.3 Å². The smallest absolute Gasteiger partial charge is 0.303 e. The van der Waals surface area contributed by atoms with E-state index in [4.69, 9.17) is 4.74 Å². The highest BCUT2D eigenvalue weighted by atomic mass is 16.6. The number of esters is 1. The molecule has 0 aromatic heterocycles. The molecule has 0 radical (unpaired) electrons. The molecule has 0 N–H and O–H groups in total. The zero-order valence-corrected chi connectivity index (χ0v) is 15.2. The van der Waals surface area contributed by atoms with E-state index in [1.165, 1.54) is 18.4 Å². The van der Waals surface area contributed by atoms with E-state index in [9.17, 15) is 4.79 Å². The summed E-state index contributed by atoms with van der Waals surface area (Å²) in [6.45, 7) is 5.98. The van der Waals surface area contributed by atoms with Crippen molar-refractivity contribution in [2.45, 2.75) is 76.4 Å². The number of nitrogens with zero attached hydrogens (tertiary/aromatic N) is 1. The van der Waals surface area contributed by atoms with Gasteiger partial charge < -0.3 is 4.74 Å². The van der Waals surface area contributed by atoms with Crippen molar-refractivity contribution in [2.75, 3.05) is 13.1 Å². The number of unbranched alkanes of at least 4 members (excludes halogenated alkanes) is 1. The van der Waals surface area contributed by atoms with Gasteiger partial charge in [-0.1, -0.05) is 43.7 Å². The number of benzene rings is 1. The molecular formula is C21H31NO2. The van der Waals surface area contributed by atoms with Crippen LogP contribution in [-0.4, -0.2) is 35.6 Å². The number of hydrogen-bond acceptors (Lipinski definition) is 3. The minimum absolute atomic E-state index is 0.113. The van der Waals surface area contributed by atoms with Crippen molar-refractivity contribution in [3.63, 3.8) is 0 Å². The summed E-state index contributed by atoms with van der Waals surface area (Å²) in [4.78, 5) is 14.3. The minimum atomic E-state index is -0.206. The highest BCUT2D eigenvalue weighted by molar-refractivity contribution is 5.66. The van der Waals surface area contributed by atoms with Crippen molar-refractivity contribution in [2.24, 2.45) is 0 Å². The SMILES string of the molecule is CCCC[C@@]1(OC(C)=O)CCN2C[C@@H](c3ccccc3)CC[C@@H]2C1. The van der Waals surface area contributed by atoms with Gasteiger partial charge in [0.2, 0.25) is 0 Å². The predicted octanol–water partition coefficient (Wildman–Crippen LogP) is 4.52. The van der Waals surface area contributed by atoms with Crippen LogP contribution in [0.4, 0.5) is 0 Å². The lowest BCUT2D eigenvalue weighted by Crippen LogP contribution is -2.54. The first kappa shape index (κ1) is 17.5. The fraction of sp³-hybridized carbons (Fsp3) is 0.667. The molecule has 0 bridgehead atoms. The molecule has 2 heterocycles. The van der Waals surface area contributed by atoms with Crippen molar-refractivity contribution in [1.82, 2.24) is 4.90 Å². The first-order valence-electron chi connectivity index (χ1n) is 9.60. The molecule has 0 aliphatic carbocycles. The van der Waals surface area contributed by atoms with E-state index in [0.717, 1.165) is 45.2 Å². The molecule has 2 aliphatic rings. The first-order chi connectivity index (χ1) is 11.6. The van der Waals surface area contributed by atoms with Gasteiger partial charge in [-0.05, 0) is 43.6 Å². The molecule has 1 aromatic carbocycles. The summed E-state index contributed by atoms with van der Waals surface area (Å²) in [6.07, 6.45) is 7.80. The quantitative estimate of drug-likeness (QED) is 0.744. The van der Waals surface area contributed by atoms with Crippen LogP contribution in [-0.2, 0) is 9.53 Å². The van der Waals surface area contributed by atoms with Gasteiger partial charge in [0.1, 0.15) is 5.60 Å². The van der Waals surface area contributed by atoms with Crippen molar-refractivity contribution in [1.29, 1.82) is 0 Å². The van der Waals surface area contributed by atoms with Crippen molar-refractivity contribution < 1.29 is 9.53 Å². The summed E-state index contributed by atoms with van der Waals surface area (Å²) < 4.78 is 5.88. The average Bonchev–Trinajstić information content (AvgIpc) is 2.60. The van der Waals surface area contributed by atoms with E-state index in [-0.39, 0.29) is 11.6 Å². The van der Waals surface area contributed by atoms with Crippen molar-refractivity contribution >= 4 is 5.97 Å². The summed E-state index contributed by atoms with van der Waals surface area (Å²) in [5.41, 5.74) is 1.27. The zero-order valence-electron chi connectivity index (χ0n) is 15.2. The van der Waals surface area contributed by atoms with E-state index in [1.807, 2.05) is 0 Å². The van der Waals surface area contributed by atoms with E-state index >= 15 is 0 Å². The van der Waals surface area contributed by atoms with Gasteiger partial charge >= 0.3 is 5.97 Å². The third-order valence-electron chi connectivity index (χ3n) is 5.90. The van der Waals surface area contributed by atoms with Crippen LogP contribution in [0, 0.1) is 0 Å². The number of fused-ring (bicyclic) bond motifs is 1. The Bertz CT molecular complexity index is 544. The summed E-state index contributed by atoms with van der Waals surface area (Å²) in [5, 5.41) is 0. The molecule has 3 atom stereocenters. The van der Waals surface area contributed by atoms with Gasteiger partial charge in [-0.25, -0.2) is 0 Å². The Labute approximate surface area is 146 Å². The molecule has 2 aliphatic heterocycles. The minimum Gasteiger partial charge on any atom is -0.459 e. The van der Waals surface area contributed by atoms with E-state index in [2.05, 4.69) is 42.2 Å². The number of piperidine rings is 2. The molecule has 3 heteroatoms. The largest absolute Gasteiger partial charge is 0.459 e. The topological polar surface area (TPSA) is 29.5 Å². The molecule has 132 valence electrons. The Balaban J connectivity index is 1.66. The van der Waals surface area contributed by atoms with Gasteiger partial charge in [-0.15, -0.1) is 0 Å². The zero-order chi connectivity index (χ0) is 17.0. The molecule has 3 nitrogen and oxygen atoms in total. The molecular weight excluding hydrogens is 298 g/mol. The lowest BCUT2D eigenvalue weighted by Gasteiger charge is -2.49. The third kappa shape index (κ3) is 4.00. The summed E-state index contributed by atoms with van der Waals surface area (Å²) in [6, 6.07) is 11.5. The maximum atomic E-state index is 11.6. The van der Waals surface area contributed by atoms with Gasteiger partial charge in [-0.3, -0.25) is 9.69 Å². The van der Waals surface area contributed by atoms with Gasteiger partial charge in [0.25, 0.3) is 0 Å². The van der Waals surface area contributed by atoms with Gasteiger partial charge in [0, 0.05) is 32.5 Å². The lowest BCUT2D eigenvalue weighted by atomic mass is 9.76. The van der Waals surface area contributed by atoms with E-state index < -0.39 is 0 Å². The Morgan fingerprint density at radius 2 is 2.08 bits per heavy atom. The number of carbonyl (C=O) groups excluding carboxylic acids is 1. The Kier molecular flexibility index (Phi) is 5.60. The fourth-order valence-electron chi connectivity index (χ4n) is 4.66. The number of carbonyl (C=O) groups is 1. The van der Waals surface area contributed by atoms with Crippen LogP contribution in [0.2, 0.25) is 0 Å². The van der Waals surface area contributed by atoms with Crippen LogP contribution >= 0.6 is 0 Å². The highest BCUT2D eigenvalue weighted by Gasteiger charge is 2.43. The van der Waals surface area contributed by atoms with Gasteiger partial charge in [0.05, 0.1) is 0 Å². The Morgan fingerprint density at radius 3 is 2.79 bits per heavy atom. The summed E-state index contributed by atoms with van der Waals surface area (Å²) in [5.74, 6) is 0.539. The molecule has 3 rings (SSSR count).